The summed E-state index contributed by atoms with van der Waals surface area (Å²) in [7, 11) is 1.57. The van der Waals surface area contributed by atoms with Crippen LogP contribution in [0, 0.1) is 0 Å². The largest absolute Gasteiger partial charge is 0.461 e. The molecule has 0 aliphatic carbocycles. The predicted octanol–water partition coefficient (Wildman–Crippen LogP) is 6.09. The summed E-state index contributed by atoms with van der Waals surface area (Å²) in [6.45, 7) is 0.837. The van der Waals surface area contributed by atoms with Crippen LogP contribution in [0.5, 0.6) is 0 Å². The highest BCUT2D eigenvalue weighted by atomic mass is 19.4. The van der Waals surface area contributed by atoms with E-state index in [9.17, 15) is 18.0 Å². The maximum absolute atomic E-state index is 13.0. The number of alkyl halides is 3. The van der Waals surface area contributed by atoms with Crippen molar-refractivity contribution < 1.29 is 27.1 Å². The lowest BCUT2D eigenvalue weighted by Gasteiger charge is -2.08. The summed E-state index contributed by atoms with van der Waals surface area (Å²) >= 11 is 0. The zero-order valence-corrected chi connectivity index (χ0v) is 17.9. The standard InChI is InChI=1S/C26H22F3NO3/c1-32-12-11-30-25(31)19-7-3-6-18(15-19)22-9-4-10-24-23(22)16-21(33-24)14-17-5-2-8-20(13-17)26(27,28)29/h2-10,13,15-16H,11-12,14H2,1H3,(H,30,31). The van der Waals surface area contributed by atoms with Gasteiger partial charge in [0.05, 0.1) is 12.2 Å². The third-order valence-electron chi connectivity index (χ3n) is 5.27. The van der Waals surface area contributed by atoms with Crippen molar-refractivity contribution in [1.29, 1.82) is 0 Å². The van der Waals surface area contributed by atoms with Crippen LogP contribution >= 0.6 is 0 Å². The van der Waals surface area contributed by atoms with Crippen LogP contribution in [-0.4, -0.2) is 26.2 Å². The topological polar surface area (TPSA) is 51.5 Å². The van der Waals surface area contributed by atoms with Gasteiger partial charge in [0.1, 0.15) is 11.3 Å². The van der Waals surface area contributed by atoms with Crippen LogP contribution in [0.1, 0.15) is 27.2 Å². The van der Waals surface area contributed by atoms with Gasteiger partial charge in [-0.05, 0) is 47.0 Å². The van der Waals surface area contributed by atoms with Crippen LogP contribution in [0.4, 0.5) is 13.2 Å². The molecule has 1 heterocycles. The molecule has 0 saturated carbocycles. The van der Waals surface area contributed by atoms with Crippen molar-refractivity contribution in [3.8, 4) is 11.1 Å². The Morgan fingerprint density at radius 1 is 1.00 bits per heavy atom. The van der Waals surface area contributed by atoms with Crippen LogP contribution in [0.3, 0.4) is 0 Å². The average Bonchev–Trinajstić information content (AvgIpc) is 3.21. The van der Waals surface area contributed by atoms with E-state index in [1.165, 1.54) is 6.07 Å². The first-order valence-corrected chi connectivity index (χ1v) is 10.4. The molecule has 0 aliphatic heterocycles. The van der Waals surface area contributed by atoms with Crippen molar-refractivity contribution in [1.82, 2.24) is 5.32 Å². The number of rotatable bonds is 7. The Balaban J connectivity index is 1.63. The summed E-state index contributed by atoms with van der Waals surface area (Å²) in [4.78, 5) is 12.4. The van der Waals surface area contributed by atoms with Gasteiger partial charge in [0.15, 0.2) is 0 Å². The van der Waals surface area contributed by atoms with Crippen LogP contribution < -0.4 is 5.32 Å². The number of amides is 1. The third kappa shape index (κ3) is 5.26. The second-order valence-corrected chi connectivity index (χ2v) is 7.63. The summed E-state index contributed by atoms with van der Waals surface area (Å²) in [5.74, 6) is 0.365. The highest BCUT2D eigenvalue weighted by Gasteiger charge is 2.30. The summed E-state index contributed by atoms with van der Waals surface area (Å²) in [5, 5.41) is 3.63. The molecule has 0 aliphatic rings. The van der Waals surface area contributed by atoms with Crippen molar-refractivity contribution in [2.24, 2.45) is 0 Å². The Bertz CT molecular complexity index is 1280. The van der Waals surface area contributed by atoms with Crippen molar-refractivity contribution in [3.05, 3.63) is 95.2 Å². The molecular formula is C26H22F3NO3. The Labute approximate surface area is 189 Å². The minimum Gasteiger partial charge on any atom is -0.461 e. The second kappa shape index (κ2) is 9.50. The van der Waals surface area contributed by atoms with E-state index in [0.717, 1.165) is 28.6 Å². The van der Waals surface area contributed by atoms with Gasteiger partial charge in [0, 0.05) is 31.0 Å². The van der Waals surface area contributed by atoms with E-state index in [-0.39, 0.29) is 12.3 Å². The zero-order valence-electron chi connectivity index (χ0n) is 17.9. The Morgan fingerprint density at radius 3 is 2.58 bits per heavy atom. The van der Waals surface area contributed by atoms with E-state index < -0.39 is 11.7 Å². The molecular weight excluding hydrogens is 431 g/mol. The van der Waals surface area contributed by atoms with E-state index in [1.54, 1.807) is 25.3 Å². The molecule has 0 unspecified atom stereocenters. The number of methoxy groups -OCH3 is 1. The molecule has 0 fully saturated rings. The SMILES string of the molecule is COCCNC(=O)c1cccc(-c2cccc3oc(Cc4cccc(C(F)(F)F)c4)cc23)c1. The molecule has 0 atom stereocenters. The van der Waals surface area contributed by atoms with Crippen molar-refractivity contribution in [3.63, 3.8) is 0 Å². The first kappa shape index (κ1) is 22.6. The maximum Gasteiger partial charge on any atom is 0.416 e. The van der Waals surface area contributed by atoms with Crippen LogP contribution in [0.25, 0.3) is 22.1 Å². The average molecular weight is 453 g/mol. The summed E-state index contributed by atoms with van der Waals surface area (Å²) < 4.78 is 50.0. The normalized spacial score (nSPS) is 11.6. The lowest BCUT2D eigenvalue weighted by Crippen LogP contribution is -2.26. The minimum atomic E-state index is -4.39. The predicted molar refractivity (Wildman–Crippen MR) is 120 cm³/mol. The molecule has 1 amide bonds. The van der Waals surface area contributed by atoms with Gasteiger partial charge in [-0.15, -0.1) is 0 Å². The first-order valence-electron chi connectivity index (χ1n) is 10.4. The van der Waals surface area contributed by atoms with E-state index in [0.29, 0.717) is 35.6 Å². The highest BCUT2D eigenvalue weighted by Crippen LogP contribution is 2.33. The number of furan rings is 1. The lowest BCUT2D eigenvalue weighted by atomic mass is 9.99. The quantitative estimate of drug-likeness (QED) is 0.345. The fourth-order valence-electron chi connectivity index (χ4n) is 3.71. The molecule has 7 heteroatoms. The molecule has 0 bridgehead atoms. The fourth-order valence-corrected chi connectivity index (χ4v) is 3.71. The molecule has 0 radical (unpaired) electrons. The van der Waals surface area contributed by atoms with Gasteiger partial charge in [0.2, 0.25) is 0 Å². The van der Waals surface area contributed by atoms with Gasteiger partial charge in [-0.25, -0.2) is 0 Å². The van der Waals surface area contributed by atoms with Crippen LogP contribution in [0.15, 0.2) is 77.2 Å². The highest BCUT2D eigenvalue weighted by molar-refractivity contribution is 5.98. The van der Waals surface area contributed by atoms with E-state index in [2.05, 4.69) is 5.32 Å². The monoisotopic (exact) mass is 453 g/mol. The van der Waals surface area contributed by atoms with E-state index in [1.807, 2.05) is 36.4 Å². The van der Waals surface area contributed by atoms with Gasteiger partial charge in [-0.2, -0.15) is 13.2 Å². The summed E-state index contributed by atoms with van der Waals surface area (Å²) in [6.07, 6.45) is -4.15. The number of carbonyl (C=O) groups excluding carboxylic acids is 1. The van der Waals surface area contributed by atoms with Crippen molar-refractivity contribution >= 4 is 16.9 Å². The van der Waals surface area contributed by atoms with Gasteiger partial charge < -0.3 is 14.5 Å². The molecule has 0 spiro atoms. The molecule has 170 valence electrons. The van der Waals surface area contributed by atoms with Crippen molar-refractivity contribution in [2.75, 3.05) is 20.3 Å². The van der Waals surface area contributed by atoms with Gasteiger partial charge in [-0.1, -0.05) is 42.5 Å². The van der Waals surface area contributed by atoms with E-state index in [4.69, 9.17) is 9.15 Å². The molecule has 33 heavy (non-hydrogen) atoms. The first-order chi connectivity index (χ1) is 15.8. The van der Waals surface area contributed by atoms with Gasteiger partial charge in [-0.3, -0.25) is 4.79 Å². The Morgan fingerprint density at radius 2 is 1.79 bits per heavy atom. The number of carbonyl (C=O) groups is 1. The number of benzene rings is 3. The molecule has 0 saturated heterocycles. The molecule has 3 aromatic carbocycles. The smallest absolute Gasteiger partial charge is 0.416 e. The minimum absolute atomic E-state index is 0.196. The number of halogens is 3. The lowest BCUT2D eigenvalue weighted by molar-refractivity contribution is -0.137. The summed E-state index contributed by atoms with van der Waals surface area (Å²) in [5.41, 5.74) is 2.69. The zero-order chi connectivity index (χ0) is 23.4. The van der Waals surface area contributed by atoms with Gasteiger partial charge in [0.25, 0.3) is 5.91 Å². The maximum atomic E-state index is 13.0. The number of fused-ring (bicyclic) bond motifs is 1. The second-order valence-electron chi connectivity index (χ2n) is 7.63. The third-order valence-corrected chi connectivity index (χ3v) is 5.27. The molecule has 4 nitrogen and oxygen atoms in total. The molecule has 1 N–H and O–H groups in total. The van der Waals surface area contributed by atoms with Crippen LogP contribution in [0.2, 0.25) is 0 Å². The van der Waals surface area contributed by atoms with Crippen LogP contribution in [-0.2, 0) is 17.3 Å². The Hall–Kier alpha value is -3.58. The summed E-state index contributed by atoms with van der Waals surface area (Å²) in [6, 6.07) is 19.9. The molecule has 4 rings (SSSR count). The molecule has 4 aromatic rings. The number of hydrogen-bond acceptors (Lipinski definition) is 3. The number of hydrogen-bond donors (Lipinski definition) is 1. The van der Waals surface area contributed by atoms with Crippen molar-refractivity contribution in [2.45, 2.75) is 12.6 Å². The fraction of sp³-hybridized carbons (Fsp3) is 0.192. The molecule has 1 aromatic heterocycles. The van der Waals surface area contributed by atoms with E-state index >= 15 is 0 Å². The van der Waals surface area contributed by atoms with Gasteiger partial charge >= 0.3 is 6.18 Å². The Kier molecular flexibility index (Phi) is 6.51. The number of nitrogens with one attached hydrogen (secondary N) is 1. The number of ether oxygens (including phenoxy) is 1.